The Morgan fingerprint density at radius 1 is 1.58 bits per heavy atom. The molecule has 1 aliphatic rings. The smallest absolute Gasteiger partial charge is 0.360 e. The zero-order valence-corrected chi connectivity index (χ0v) is 11.6. The van der Waals surface area contributed by atoms with E-state index in [9.17, 15) is 4.79 Å². The van der Waals surface area contributed by atoms with E-state index in [0.717, 1.165) is 25.7 Å². The van der Waals surface area contributed by atoms with Gasteiger partial charge in [-0.3, -0.25) is 4.90 Å². The van der Waals surface area contributed by atoms with E-state index in [4.69, 9.17) is 10.5 Å². The fourth-order valence-corrected chi connectivity index (χ4v) is 2.20. The summed E-state index contributed by atoms with van der Waals surface area (Å²) in [6, 6.07) is 0.735. The van der Waals surface area contributed by atoms with Crippen LogP contribution >= 0.6 is 0 Å². The van der Waals surface area contributed by atoms with E-state index in [1.807, 2.05) is 4.57 Å². The number of hydrogen-bond donors (Lipinski definition) is 1. The van der Waals surface area contributed by atoms with E-state index < -0.39 is 5.97 Å². The molecule has 0 atom stereocenters. The van der Waals surface area contributed by atoms with Crippen LogP contribution < -0.4 is 5.73 Å². The van der Waals surface area contributed by atoms with Gasteiger partial charge in [0.1, 0.15) is 5.82 Å². The molecule has 0 unspecified atom stereocenters. The largest absolute Gasteiger partial charge is 0.461 e. The number of nitrogens with two attached hydrogens (primary N) is 1. The fraction of sp³-hybridized carbons (Fsp3) is 0.692. The molecule has 1 heterocycles. The Balaban J connectivity index is 1.95. The second kappa shape index (κ2) is 6.06. The third-order valence-electron chi connectivity index (χ3n) is 3.44. The van der Waals surface area contributed by atoms with Gasteiger partial charge in [0, 0.05) is 19.1 Å². The number of anilines is 1. The lowest BCUT2D eigenvalue weighted by atomic mass is 10.4. The third-order valence-corrected chi connectivity index (χ3v) is 3.44. The zero-order chi connectivity index (χ0) is 13.8. The Labute approximate surface area is 113 Å². The summed E-state index contributed by atoms with van der Waals surface area (Å²) < 4.78 is 6.73. The SMILES string of the molecule is CCOC(=O)c1ncn(CCN(CC)C2CC2)c1N. The van der Waals surface area contributed by atoms with Crippen LogP contribution in [0.25, 0.3) is 0 Å². The minimum Gasteiger partial charge on any atom is -0.461 e. The van der Waals surface area contributed by atoms with Crippen LogP contribution in [-0.4, -0.2) is 46.2 Å². The third kappa shape index (κ3) is 3.26. The highest BCUT2D eigenvalue weighted by molar-refractivity contribution is 5.92. The summed E-state index contributed by atoms with van der Waals surface area (Å²) in [6.07, 6.45) is 4.20. The number of hydrogen-bond acceptors (Lipinski definition) is 5. The molecule has 6 nitrogen and oxygen atoms in total. The number of aromatic nitrogens is 2. The summed E-state index contributed by atoms with van der Waals surface area (Å²) in [5.41, 5.74) is 6.15. The van der Waals surface area contributed by atoms with Crippen LogP contribution in [0.1, 0.15) is 37.2 Å². The average Bonchev–Trinajstić information content (AvgIpc) is 3.16. The molecule has 2 rings (SSSR count). The van der Waals surface area contributed by atoms with Crippen LogP contribution in [0.4, 0.5) is 5.82 Å². The summed E-state index contributed by atoms with van der Waals surface area (Å²) >= 11 is 0. The number of ether oxygens (including phenoxy) is 1. The van der Waals surface area contributed by atoms with Crippen LogP contribution in [0.2, 0.25) is 0 Å². The van der Waals surface area contributed by atoms with E-state index in [0.29, 0.717) is 12.4 Å². The first-order valence-corrected chi connectivity index (χ1v) is 6.89. The summed E-state index contributed by atoms with van der Waals surface area (Å²) in [6.45, 7) is 6.99. The molecule has 0 bridgehead atoms. The molecule has 0 aliphatic heterocycles. The second-order valence-corrected chi connectivity index (χ2v) is 4.75. The number of esters is 1. The maximum absolute atomic E-state index is 11.6. The van der Waals surface area contributed by atoms with Crippen molar-refractivity contribution in [3.05, 3.63) is 12.0 Å². The van der Waals surface area contributed by atoms with Gasteiger partial charge in [-0.05, 0) is 26.3 Å². The molecule has 0 saturated heterocycles. The first-order valence-electron chi connectivity index (χ1n) is 6.89. The van der Waals surface area contributed by atoms with Crippen molar-refractivity contribution in [3.63, 3.8) is 0 Å². The van der Waals surface area contributed by atoms with Crippen molar-refractivity contribution in [2.75, 3.05) is 25.4 Å². The van der Waals surface area contributed by atoms with Gasteiger partial charge in [0.05, 0.1) is 12.9 Å². The Hall–Kier alpha value is -1.56. The maximum Gasteiger partial charge on any atom is 0.360 e. The summed E-state index contributed by atoms with van der Waals surface area (Å²) in [5.74, 6) is -0.0569. The average molecular weight is 266 g/mol. The summed E-state index contributed by atoms with van der Waals surface area (Å²) in [5, 5.41) is 0. The molecule has 0 aromatic carbocycles. The predicted molar refractivity (Wildman–Crippen MR) is 72.9 cm³/mol. The first kappa shape index (κ1) is 13.9. The Bertz CT molecular complexity index is 440. The zero-order valence-electron chi connectivity index (χ0n) is 11.6. The number of nitrogens with zero attached hydrogens (tertiary/aromatic N) is 3. The van der Waals surface area contributed by atoms with E-state index in [1.165, 1.54) is 12.8 Å². The van der Waals surface area contributed by atoms with E-state index in [-0.39, 0.29) is 5.69 Å². The molecule has 0 spiro atoms. The molecule has 1 fully saturated rings. The predicted octanol–water partition coefficient (Wildman–Crippen LogP) is 1.13. The van der Waals surface area contributed by atoms with Crippen molar-refractivity contribution in [2.24, 2.45) is 0 Å². The molecule has 0 amide bonds. The van der Waals surface area contributed by atoms with Gasteiger partial charge in [0.15, 0.2) is 5.69 Å². The molecule has 1 saturated carbocycles. The lowest BCUT2D eigenvalue weighted by molar-refractivity contribution is 0.0521. The molecule has 106 valence electrons. The number of rotatable bonds is 7. The minimum atomic E-state index is -0.451. The number of imidazole rings is 1. The normalized spacial score (nSPS) is 14.9. The molecular weight excluding hydrogens is 244 g/mol. The molecular formula is C13H22N4O2. The second-order valence-electron chi connectivity index (χ2n) is 4.75. The van der Waals surface area contributed by atoms with Gasteiger partial charge in [0.25, 0.3) is 0 Å². The molecule has 19 heavy (non-hydrogen) atoms. The molecule has 1 aromatic heterocycles. The maximum atomic E-state index is 11.6. The quantitative estimate of drug-likeness (QED) is 0.749. The van der Waals surface area contributed by atoms with Crippen molar-refractivity contribution >= 4 is 11.8 Å². The van der Waals surface area contributed by atoms with Crippen LogP contribution in [0.15, 0.2) is 6.33 Å². The molecule has 1 aliphatic carbocycles. The van der Waals surface area contributed by atoms with Crippen molar-refractivity contribution in [3.8, 4) is 0 Å². The van der Waals surface area contributed by atoms with Gasteiger partial charge in [-0.2, -0.15) is 0 Å². The summed E-state index contributed by atoms with van der Waals surface area (Å²) in [4.78, 5) is 18.1. The number of carbonyl (C=O) groups excluding carboxylic acids is 1. The van der Waals surface area contributed by atoms with Crippen LogP contribution in [0.3, 0.4) is 0 Å². The van der Waals surface area contributed by atoms with Gasteiger partial charge in [-0.15, -0.1) is 0 Å². The minimum absolute atomic E-state index is 0.219. The molecule has 0 radical (unpaired) electrons. The Kier molecular flexibility index (Phi) is 4.42. The molecule has 1 aromatic rings. The van der Waals surface area contributed by atoms with Gasteiger partial charge < -0.3 is 15.0 Å². The lowest BCUT2D eigenvalue weighted by Gasteiger charge is -2.20. The van der Waals surface area contributed by atoms with Gasteiger partial charge in [-0.1, -0.05) is 6.92 Å². The summed E-state index contributed by atoms with van der Waals surface area (Å²) in [7, 11) is 0. The first-order chi connectivity index (χ1) is 9.17. The van der Waals surface area contributed by atoms with Gasteiger partial charge in [0.2, 0.25) is 0 Å². The van der Waals surface area contributed by atoms with E-state index in [1.54, 1.807) is 13.3 Å². The van der Waals surface area contributed by atoms with Crippen LogP contribution in [-0.2, 0) is 11.3 Å². The monoisotopic (exact) mass is 266 g/mol. The van der Waals surface area contributed by atoms with Crippen molar-refractivity contribution < 1.29 is 9.53 Å². The lowest BCUT2D eigenvalue weighted by Crippen LogP contribution is -2.29. The topological polar surface area (TPSA) is 73.4 Å². The standard InChI is InChI=1S/C13H22N4O2/c1-3-16(10-5-6-10)7-8-17-9-15-11(12(17)14)13(18)19-4-2/h9-10H,3-8,14H2,1-2H3. The highest BCUT2D eigenvalue weighted by Crippen LogP contribution is 2.26. The number of nitrogen functional groups attached to an aromatic ring is 1. The molecule has 6 heteroatoms. The van der Waals surface area contributed by atoms with Crippen LogP contribution in [0.5, 0.6) is 0 Å². The van der Waals surface area contributed by atoms with Crippen molar-refractivity contribution in [1.82, 2.24) is 14.5 Å². The Morgan fingerprint density at radius 3 is 2.89 bits per heavy atom. The highest BCUT2D eigenvalue weighted by Gasteiger charge is 2.27. The molecule has 2 N–H and O–H groups in total. The highest BCUT2D eigenvalue weighted by atomic mass is 16.5. The van der Waals surface area contributed by atoms with Crippen molar-refractivity contribution in [2.45, 2.75) is 39.3 Å². The van der Waals surface area contributed by atoms with Gasteiger partial charge >= 0.3 is 5.97 Å². The fourth-order valence-electron chi connectivity index (χ4n) is 2.20. The van der Waals surface area contributed by atoms with E-state index in [2.05, 4.69) is 16.8 Å². The van der Waals surface area contributed by atoms with Gasteiger partial charge in [-0.25, -0.2) is 9.78 Å². The Morgan fingerprint density at radius 2 is 2.32 bits per heavy atom. The number of likely N-dealkylation sites (N-methyl/N-ethyl adjacent to an activating group) is 1. The van der Waals surface area contributed by atoms with Crippen LogP contribution in [0, 0.1) is 0 Å². The van der Waals surface area contributed by atoms with E-state index >= 15 is 0 Å². The van der Waals surface area contributed by atoms with Crippen molar-refractivity contribution in [1.29, 1.82) is 0 Å². The number of carbonyl (C=O) groups is 1.